The van der Waals surface area contributed by atoms with E-state index in [0.717, 1.165) is 17.5 Å². The molecule has 0 aliphatic heterocycles. The molecule has 23 heavy (non-hydrogen) atoms. The van der Waals surface area contributed by atoms with Gasteiger partial charge in [0.15, 0.2) is 0 Å². The van der Waals surface area contributed by atoms with Crippen LogP contribution in [0.2, 0.25) is 0 Å². The summed E-state index contributed by atoms with van der Waals surface area (Å²) in [5.41, 5.74) is 5.53. The smallest absolute Gasteiger partial charge is 0.127 e. The van der Waals surface area contributed by atoms with Crippen molar-refractivity contribution in [2.75, 3.05) is 0 Å². The number of phenols is 2. The molecule has 0 saturated heterocycles. The minimum atomic E-state index is 0.104. The molecule has 2 heteroatoms. The molecule has 1 aliphatic carbocycles. The maximum Gasteiger partial charge on any atom is 0.127 e. The molecule has 2 aromatic carbocycles. The van der Waals surface area contributed by atoms with Gasteiger partial charge in [0.2, 0.25) is 0 Å². The predicted molar refractivity (Wildman–Crippen MR) is 95.2 cm³/mol. The lowest BCUT2D eigenvalue weighted by molar-refractivity contribution is 0.332. The zero-order valence-corrected chi connectivity index (χ0v) is 14.7. The summed E-state index contributed by atoms with van der Waals surface area (Å²) in [6.07, 6.45) is 2.32. The molecule has 0 aromatic heterocycles. The number of phenolic OH excluding ortho intramolecular Hbond substituents is 2. The third kappa shape index (κ3) is 2.50. The van der Waals surface area contributed by atoms with E-state index >= 15 is 0 Å². The van der Waals surface area contributed by atoms with Crippen LogP contribution < -0.4 is 0 Å². The highest BCUT2D eigenvalue weighted by molar-refractivity contribution is 5.79. The van der Waals surface area contributed by atoms with Crippen molar-refractivity contribution in [3.63, 3.8) is 0 Å². The van der Waals surface area contributed by atoms with Crippen LogP contribution in [0.5, 0.6) is 11.5 Å². The van der Waals surface area contributed by atoms with Crippen LogP contribution in [-0.4, -0.2) is 10.2 Å². The maximum absolute atomic E-state index is 10.2. The Morgan fingerprint density at radius 1 is 0.826 bits per heavy atom. The van der Waals surface area contributed by atoms with Crippen LogP contribution in [0.15, 0.2) is 30.3 Å². The van der Waals surface area contributed by atoms with Gasteiger partial charge in [0.1, 0.15) is 11.5 Å². The highest BCUT2D eigenvalue weighted by Gasteiger charge is 2.37. The van der Waals surface area contributed by atoms with Crippen molar-refractivity contribution in [3.8, 4) is 22.6 Å². The fraction of sp³-hybridized carbons (Fsp3) is 0.429. The first kappa shape index (κ1) is 15.9. The molecular weight excluding hydrogens is 284 g/mol. The number of aromatic hydroxyl groups is 2. The van der Waals surface area contributed by atoms with Crippen LogP contribution in [0.3, 0.4) is 0 Å². The first-order valence-corrected chi connectivity index (χ1v) is 8.30. The Bertz CT molecular complexity index is 749. The Balaban J connectivity index is 2.31. The van der Waals surface area contributed by atoms with Gasteiger partial charge < -0.3 is 10.2 Å². The van der Waals surface area contributed by atoms with Crippen molar-refractivity contribution < 1.29 is 10.2 Å². The standard InChI is InChI=1S/C21H26O2/c1-13-11-15-16(21(4,5)10-9-20(15,2)3)12-14(13)19-17(22)7-6-8-18(19)23/h6-8,11-12,22-23H,9-10H2,1-5H3. The Kier molecular flexibility index (Phi) is 3.47. The van der Waals surface area contributed by atoms with E-state index < -0.39 is 0 Å². The van der Waals surface area contributed by atoms with Crippen LogP contribution >= 0.6 is 0 Å². The molecule has 3 rings (SSSR count). The predicted octanol–water partition coefficient (Wildman–Crippen LogP) is 5.42. The summed E-state index contributed by atoms with van der Waals surface area (Å²) in [5, 5.41) is 20.5. The van der Waals surface area contributed by atoms with Gasteiger partial charge in [0.05, 0.1) is 5.56 Å². The van der Waals surface area contributed by atoms with E-state index in [2.05, 4.69) is 46.8 Å². The van der Waals surface area contributed by atoms with Crippen molar-refractivity contribution in [1.29, 1.82) is 0 Å². The highest BCUT2D eigenvalue weighted by Crippen LogP contribution is 2.49. The topological polar surface area (TPSA) is 40.5 Å². The van der Waals surface area contributed by atoms with Gasteiger partial charge in [-0.25, -0.2) is 0 Å². The summed E-state index contributed by atoms with van der Waals surface area (Å²) in [4.78, 5) is 0. The molecule has 0 radical (unpaired) electrons. The number of benzene rings is 2. The molecule has 0 unspecified atom stereocenters. The van der Waals surface area contributed by atoms with Crippen LogP contribution in [-0.2, 0) is 10.8 Å². The summed E-state index contributed by atoms with van der Waals surface area (Å²) in [5.74, 6) is 0.252. The van der Waals surface area contributed by atoms with Gasteiger partial charge in [-0.2, -0.15) is 0 Å². The molecule has 0 saturated carbocycles. The lowest BCUT2D eigenvalue weighted by Gasteiger charge is -2.42. The van der Waals surface area contributed by atoms with Crippen LogP contribution in [0, 0.1) is 6.92 Å². The largest absolute Gasteiger partial charge is 0.507 e. The molecule has 0 heterocycles. The fourth-order valence-electron chi connectivity index (χ4n) is 3.80. The third-order valence-corrected chi connectivity index (χ3v) is 5.49. The second-order valence-electron chi connectivity index (χ2n) is 8.15. The van der Waals surface area contributed by atoms with E-state index in [9.17, 15) is 10.2 Å². The summed E-state index contributed by atoms with van der Waals surface area (Å²) in [7, 11) is 0. The molecule has 2 nitrogen and oxygen atoms in total. The minimum Gasteiger partial charge on any atom is -0.507 e. The van der Waals surface area contributed by atoms with E-state index in [-0.39, 0.29) is 22.3 Å². The number of aryl methyl sites for hydroxylation is 1. The van der Waals surface area contributed by atoms with E-state index in [1.165, 1.54) is 17.5 Å². The lowest BCUT2D eigenvalue weighted by atomic mass is 9.62. The van der Waals surface area contributed by atoms with Crippen molar-refractivity contribution in [2.45, 2.75) is 58.3 Å². The van der Waals surface area contributed by atoms with Crippen LogP contribution in [0.4, 0.5) is 0 Å². The van der Waals surface area contributed by atoms with E-state index in [0.29, 0.717) is 5.56 Å². The Labute approximate surface area is 138 Å². The second-order valence-corrected chi connectivity index (χ2v) is 8.15. The molecule has 2 N–H and O–H groups in total. The van der Waals surface area contributed by atoms with Gasteiger partial charge in [-0.15, -0.1) is 0 Å². The Morgan fingerprint density at radius 2 is 1.30 bits per heavy atom. The SMILES string of the molecule is Cc1cc2c(cc1-c1c(O)cccc1O)C(C)(C)CCC2(C)C. The fourth-order valence-corrected chi connectivity index (χ4v) is 3.80. The van der Waals surface area contributed by atoms with Gasteiger partial charge in [0.25, 0.3) is 0 Å². The third-order valence-electron chi connectivity index (χ3n) is 5.49. The quantitative estimate of drug-likeness (QED) is 0.738. The molecule has 0 spiro atoms. The average Bonchev–Trinajstić information content (AvgIpc) is 2.45. The van der Waals surface area contributed by atoms with Gasteiger partial charge >= 0.3 is 0 Å². The number of fused-ring (bicyclic) bond motifs is 1. The normalized spacial score (nSPS) is 18.5. The molecule has 1 aliphatic rings. The molecular formula is C21H26O2. The van der Waals surface area contributed by atoms with Crippen LogP contribution in [0.25, 0.3) is 11.1 Å². The van der Waals surface area contributed by atoms with Gasteiger partial charge in [-0.1, -0.05) is 39.8 Å². The molecule has 0 atom stereocenters. The highest BCUT2D eigenvalue weighted by atomic mass is 16.3. The summed E-state index contributed by atoms with van der Waals surface area (Å²) in [6, 6.07) is 9.35. The number of hydrogen-bond donors (Lipinski definition) is 2. The number of hydrogen-bond acceptors (Lipinski definition) is 2. The Morgan fingerprint density at radius 3 is 1.83 bits per heavy atom. The monoisotopic (exact) mass is 310 g/mol. The number of rotatable bonds is 1. The summed E-state index contributed by atoms with van der Waals surface area (Å²) in [6.45, 7) is 11.2. The average molecular weight is 310 g/mol. The van der Waals surface area contributed by atoms with Crippen molar-refractivity contribution >= 4 is 0 Å². The van der Waals surface area contributed by atoms with E-state index in [1.54, 1.807) is 18.2 Å². The minimum absolute atomic E-state index is 0.104. The van der Waals surface area contributed by atoms with Gasteiger partial charge in [-0.3, -0.25) is 0 Å². The first-order chi connectivity index (χ1) is 10.6. The van der Waals surface area contributed by atoms with Crippen molar-refractivity contribution in [2.24, 2.45) is 0 Å². The summed E-state index contributed by atoms with van der Waals surface area (Å²) >= 11 is 0. The molecule has 0 amide bonds. The first-order valence-electron chi connectivity index (χ1n) is 8.30. The zero-order chi connectivity index (χ0) is 17.0. The molecule has 0 fully saturated rings. The Hall–Kier alpha value is -1.96. The molecule has 2 aromatic rings. The molecule has 0 bridgehead atoms. The van der Waals surface area contributed by atoms with E-state index in [1.807, 2.05) is 0 Å². The van der Waals surface area contributed by atoms with Gasteiger partial charge in [0, 0.05) is 0 Å². The summed E-state index contributed by atoms with van der Waals surface area (Å²) < 4.78 is 0. The lowest BCUT2D eigenvalue weighted by Crippen LogP contribution is -2.34. The van der Waals surface area contributed by atoms with Crippen molar-refractivity contribution in [1.82, 2.24) is 0 Å². The second kappa shape index (κ2) is 5.02. The van der Waals surface area contributed by atoms with Crippen molar-refractivity contribution in [3.05, 3.63) is 47.0 Å². The molecule has 122 valence electrons. The van der Waals surface area contributed by atoms with E-state index in [4.69, 9.17) is 0 Å². The maximum atomic E-state index is 10.2. The zero-order valence-electron chi connectivity index (χ0n) is 14.7. The van der Waals surface area contributed by atoms with Crippen LogP contribution in [0.1, 0.15) is 57.2 Å². The van der Waals surface area contributed by atoms with Gasteiger partial charge in [-0.05, 0) is 71.0 Å².